The van der Waals surface area contributed by atoms with Gasteiger partial charge in [-0.05, 0) is 48.2 Å². The third kappa shape index (κ3) is 4.88. The third-order valence-electron chi connectivity index (χ3n) is 3.15. The molecule has 1 aromatic heterocycles. The maximum absolute atomic E-state index is 5.78. The first-order valence-corrected chi connectivity index (χ1v) is 7.44. The molecule has 0 spiro atoms. The van der Waals surface area contributed by atoms with E-state index in [1.165, 1.54) is 0 Å². The quantitative estimate of drug-likeness (QED) is 0.717. The predicted molar refractivity (Wildman–Crippen MR) is 89.4 cm³/mol. The molecule has 0 aliphatic rings. The van der Waals surface area contributed by atoms with Gasteiger partial charge in [-0.15, -0.1) is 0 Å². The third-order valence-corrected chi connectivity index (χ3v) is 3.15. The Bertz CT molecular complexity index is 610. The minimum atomic E-state index is 0.622. The number of hydrogen-bond donors (Lipinski definition) is 0. The summed E-state index contributed by atoms with van der Waals surface area (Å²) < 4.78 is 11.2. The lowest BCUT2D eigenvalue weighted by molar-refractivity contribution is 0.273. The van der Waals surface area contributed by atoms with Crippen molar-refractivity contribution in [2.24, 2.45) is 10.9 Å². The summed E-state index contributed by atoms with van der Waals surface area (Å²) in [6, 6.07) is 9.57. The Kier molecular flexibility index (Phi) is 5.95. The molecule has 0 saturated heterocycles. The average Bonchev–Trinajstić information content (AvgIpc) is 2.54. The summed E-state index contributed by atoms with van der Waals surface area (Å²) in [4.78, 5) is 8.42. The van der Waals surface area contributed by atoms with Gasteiger partial charge in [0.25, 0.3) is 0 Å². The molecule has 2 aromatic rings. The lowest BCUT2D eigenvalue weighted by Gasteiger charge is -2.12. The summed E-state index contributed by atoms with van der Waals surface area (Å²) in [6.45, 7) is 5.05. The molecule has 0 amide bonds. The second kappa shape index (κ2) is 8.17. The smallest absolute Gasteiger partial charge is 0.161 e. The van der Waals surface area contributed by atoms with Gasteiger partial charge in [-0.1, -0.05) is 13.8 Å². The number of aromatic nitrogens is 1. The van der Waals surface area contributed by atoms with Gasteiger partial charge in [-0.3, -0.25) is 9.98 Å². The van der Waals surface area contributed by atoms with Gasteiger partial charge < -0.3 is 9.47 Å². The molecule has 0 unspecified atom stereocenters. The molecule has 1 aromatic carbocycles. The maximum Gasteiger partial charge on any atom is 0.161 e. The molecule has 116 valence electrons. The number of benzene rings is 1. The van der Waals surface area contributed by atoms with Crippen LogP contribution >= 0.6 is 0 Å². The van der Waals surface area contributed by atoms with Gasteiger partial charge in [0, 0.05) is 12.4 Å². The van der Waals surface area contributed by atoms with Gasteiger partial charge in [-0.2, -0.15) is 0 Å². The second-order valence-corrected chi connectivity index (χ2v) is 5.41. The standard InChI is InChI=1S/C18H22N2O2/c1-14(2)8-10-22-17-7-6-15(11-18(17)21-3)12-20-16-5-4-9-19-13-16/h4-7,9,11-14H,8,10H2,1-3H3. The van der Waals surface area contributed by atoms with Crippen molar-refractivity contribution in [3.63, 3.8) is 0 Å². The van der Waals surface area contributed by atoms with E-state index in [9.17, 15) is 0 Å². The van der Waals surface area contributed by atoms with E-state index < -0.39 is 0 Å². The van der Waals surface area contributed by atoms with Crippen molar-refractivity contribution in [1.29, 1.82) is 0 Å². The summed E-state index contributed by atoms with van der Waals surface area (Å²) >= 11 is 0. The zero-order valence-corrected chi connectivity index (χ0v) is 13.3. The Labute approximate surface area is 131 Å². The first kappa shape index (κ1) is 16.0. The molecule has 0 saturated carbocycles. The molecular formula is C18H22N2O2. The monoisotopic (exact) mass is 298 g/mol. The number of ether oxygens (including phenoxy) is 2. The van der Waals surface area contributed by atoms with Crippen molar-refractivity contribution < 1.29 is 9.47 Å². The highest BCUT2D eigenvalue weighted by molar-refractivity contribution is 5.83. The SMILES string of the molecule is COc1cc(C=Nc2cccnc2)ccc1OCCC(C)C. The summed E-state index contributed by atoms with van der Waals surface area (Å²) in [6.07, 6.45) is 6.26. The topological polar surface area (TPSA) is 43.7 Å². The minimum Gasteiger partial charge on any atom is -0.493 e. The fourth-order valence-electron chi connectivity index (χ4n) is 1.87. The van der Waals surface area contributed by atoms with Crippen LogP contribution in [-0.4, -0.2) is 24.9 Å². The van der Waals surface area contributed by atoms with Gasteiger partial charge in [-0.25, -0.2) is 0 Å². The Hall–Kier alpha value is -2.36. The molecule has 0 aliphatic heterocycles. The van der Waals surface area contributed by atoms with Crippen LogP contribution in [0.3, 0.4) is 0 Å². The van der Waals surface area contributed by atoms with Gasteiger partial charge in [0.1, 0.15) is 0 Å². The van der Waals surface area contributed by atoms with Crippen molar-refractivity contribution in [1.82, 2.24) is 4.98 Å². The van der Waals surface area contributed by atoms with E-state index in [-0.39, 0.29) is 0 Å². The number of hydrogen-bond acceptors (Lipinski definition) is 4. The van der Waals surface area contributed by atoms with Crippen LogP contribution in [0.4, 0.5) is 5.69 Å². The van der Waals surface area contributed by atoms with Gasteiger partial charge in [0.05, 0.1) is 25.6 Å². The first-order valence-electron chi connectivity index (χ1n) is 7.44. The number of methoxy groups -OCH3 is 1. The zero-order valence-electron chi connectivity index (χ0n) is 13.3. The van der Waals surface area contributed by atoms with E-state index in [1.54, 1.807) is 25.7 Å². The molecule has 22 heavy (non-hydrogen) atoms. The molecule has 0 aliphatic carbocycles. The largest absolute Gasteiger partial charge is 0.493 e. The lowest BCUT2D eigenvalue weighted by atomic mass is 10.1. The van der Waals surface area contributed by atoms with E-state index in [0.717, 1.165) is 29.2 Å². The number of rotatable bonds is 7. The number of aliphatic imine (C=N–C) groups is 1. The highest BCUT2D eigenvalue weighted by atomic mass is 16.5. The van der Waals surface area contributed by atoms with E-state index in [1.807, 2.05) is 30.3 Å². The van der Waals surface area contributed by atoms with Crippen LogP contribution in [0, 0.1) is 5.92 Å². The normalized spacial score (nSPS) is 11.1. The summed E-state index contributed by atoms with van der Waals surface area (Å²) in [7, 11) is 1.65. The van der Waals surface area contributed by atoms with Crippen molar-refractivity contribution >= 4 is 11.9 Å². The van der Waals surface area contributed by atoms with Crippen molar-refractivity contribution in [3.05, 3.63) is 48.3 Å². The van der Waals surface area contributed by atoms with Crippen LogP contribution in [0.25, 0.3) is 0 Å². The summed E-state index contributed by atoms with van der Waals surface area (Å²) in [5.74, 6) is 2.11. The van der Waals surface area contributed by atoms with Gasteiger partial charge in [0.2, 0.25) is 0 Å². The Morgan fingerprint density at radius 3 is 2.77 bits per heavy atom. The highest BCUT2D eigenvalue weighted by Gasteiger charge is 2.05. The lowest BCUT2D eigenvalue weighted by Crippen LogP contribution is -2.02. The summed E-state index contributed by atoms with van der Waals surface area (Å²) in [5.41, 5.74) is 1.77. The van der Waals surface area contributed by atoms with Gasteiger partial charge >= 0.3 is 0 Å². The molecule has 1 heterocycles. The van der Waals surface area contributed by atoms with Crippen LogP contribution < -0.4 is 9.47 Å². The highest BCUT2D eigenvalue weighted by Crippen LogP contribution is 2.28. The maximum atomic E-state index is 5.78. The molecule has 2 rings (SSSR count). The van der Waals surface area contributed by atoms with Crippen LogP contribution in [0.15, 0.2) is 47.7 Å². The summed E-state index contributed by atoms with van der Waals surface area (Å²) in [5, 5.41) is 0. The van der Waals surface area contributed by atoms with Crippen LogP contribution in [-0.2, 0) is 0 Å². The van der Waals surface area contributed by atoms with Gasteiger partial charge in [0.15, 0.2) is 11.5 Å². The van der Waals surface area contributed by atoms with E-state index in [2.05, 4.69) is 23.8 Å². The molecule has 4 heteroatoms. The van der Waals surface area contributed by atoms with E-state index >= 15 is 0 Å². The Morgan fingerprint density at radius 1 is 1.23 bits per heavy atom. The number of nitrogens with zero attached hydrogens (tertiary/aromatic N) is 2. The second-order valence-electron chi connectivity index (χ2n) is 5.41. The predicted octanol–water partition coefficient (Wildman–Crippen LogP) is 4.27. The van der Waals surface area contributed by atoms with Crippen LogP contribution in [0.1, 0.15) is 25.8 Å². The van der Waals surface area contributed by atoms with Crippen molar-refractivity contribution in [3.8, 4) is 11.5 Å². The Balaban J connectivity index is 2.06. The molecule has 0 radical (unpaired) electrons. The fourth-order valence-corrected chi connectivity index (χ4v) is 1.87. The zero-order chi connectivity index (χ0) is 15.8. The van der Waals surface area contributed by atoms with E-state index in [4.69, 9.17) is 9.47 Å². The van der Waals surface area contributed by atoms with Crippen LogP contribution in [0.5, 0.6) is 11.5 Å². The Morgan fingerprint density at radius 2 is 2.09 bits per heavy atom. The number of pyridine rings is 1. The van der Waals surface area contributed by atoms with Crippen molar-refractivity contribution in [2.75, 3.05) is 13.7 Å². The van der Waals surface area contributed by atoms with E-state index in [0.29, 0.717) is 12.5 Å². The average molecular weight is 298 g/mol. The minimum absolute atomic E-state index is 0.622. The molecule has 0 fully saturated rings. The molecule has 0 atom stereocenters. The molecule has 4 nitrogen and oxygen atoms in total. The first-order chi connectivity index (χ1) is 10.7. The van der Waals surface area contributed by atoms with Crippen LogP contribution in [0.2, 0.25) is 0 Å². The molecule has 0 bridgehead atoms. The fraction of sp³-hybridized carbons (Fsp3) is 0.333. The van der Waals surface area contributed by atoms with Crippen molar-refractivity contribution in [2.45, 2.75) is 20.3 Å². The molecular weight excluding hydrogens is 276 g/mol. The molecule has 0 N–H and O–H groups in total.